The molecule has 0 bridgehead atoms. The van der Waals surface area contributed by atoms with Crippen molar-refractivity contribution in [2.45, 2.75) is 40.7 Å². The van der Waals surface area contributed by atoms with Gasteiger partial charge in [0.05, 0.1) is 0 Å². The summed E-state index contributed by atoms with van der Waals surface area (Å²) in [6.07, 6.45) is 3.03. The first-order valence-corrected chi connectivity index (χ1v) is 9.25. The largest absolute Gasteiger partial charge is 0.318 e. The first-order chi connectivity index (χ1) is 12.4. The van der Waals surface area contributed by atoms with Crippen LogP contribution >= 0.6 is 11.6 Å². The van der Waals surface area contributed by atoms with Crippen LogP contribution in [0.2, 0.25) is 5.02 Å². The van der Waals surface area contributed by atoms with Gasteiger partial charge in [0.2, 0.25) is 12.3 Å². The summed E-state index contributed by atoms with van der Waals surface area (Å²) in [5.41, 5.74) is 6.10. The molecule has 0 unspecified atom stereocenters. The van der Waals surface area contributed by atoms with Crippen LogP contribution in [0.1, 0.15) is 39.9 Å². The van der Waals surface area contributed by atoms with Crippen molar-refractivity contribution in [3.8, 4) is 5.69 Å². The fraction of sp³-hybridized carbons (Fsp3) is 0.273. The van der Waals surface area contributed by atoms with Crippen molar-refractivity contribution in [3.05, 3.63) is 81.9 Å². The SMILES string of the molecule is CCc1ccc(C)[n+](CC(=O)c2cc(C)n(-c3ccc(Cl)cc3)c2C)c1. The molecule has 26 heavy (non-hydrogen) atoms. The Morgan fingerprint density at radius 1 is 1.08 bits per heavy atom. The van der Waals surface area contributed by atoms with Crippen LogP contribution < -0.4 is 4.57 Å². The second kappa shape index (κ2) is 7.46. The zero-order valence-corrected chi connectivity index (χ0v) is 16.5. The van der Waals surface area contributed by atoms with E-state index in [9.17, 15) is 4.79 Å². The average molecular weight is 368 g/mol. The number of aryl methyl sites for hydroxylation is 3. The molecule has 2 aromatic heterocycles. The molecule has 0 saturated heterocycles. The first kappa shape index (κ1) is 18.4. The van der Waals surface area contributed by atoms with Crippen LogP contribution in [-0.4, -0.2) is 10.4 Å². The lowest BCUT2D eigenvalue weighted by atomic mass is 10.1. The highest BCUT2D eigenvalue weighted by molar-refractivity contribution is 6.30. The molecule has 0 fully saturated rings. The summed E-state index contributed by atoms with van der Waals surface area (Å²) < 4.78 is 4.14. The summed E-state index contributed by atoms with van der Waals surface area (Å²) in [4.78, 5) is 13.0. The molecule has 2 heterocycles. The molecule has 0 aliphatic rings. The van der Waals surface area contributed by atoms with E-state index in [0.29, 0.717) is 11.6 Å². The number of carbonyl (C=O) groups is 1. The summed E-state index contributed by atoms with van der Waals surface area (Å²) in [5.74, 6) is 0.125. The topological polar surface area (TPSA) is 25.9 Å². The fourth-order valence-electron chi connectivity index (χ4n) is 3.32. The van der Waals surface area contributed by atoms with Gasteiger partial charge in [0, 0.05) is 46.2 Å². The van der Waals surface area contributed by atoms with Gasteiger partial charge < -0.3 is 4.57 Å². The van der Waals surface area contributed by atoms with E-state index in [1.807, 2.05) is 55.7 Å². The van der Waals surface area contributed by atoms with Crippen molar-refractivity contribution < 1.29 is 9.36 Å². The first-order valence-electron chi connectivity index (χ1n) is 8.87. The molecule has 3 aromatic rings. The molecular weight excluding hydrogens is 344 g/mol. The summed E-state index contributed by atoms with van der Waals surface area (Å²) in [6.45, 7) is 8.52. The molecule has 0 saturated carbocycles. The number of benzene rings is 1. The molecule has 0 atom stereocenters. The highest BCUT2D eigenvalue weighted by Crippen LogP contribution is 2.22. The minimum atomic E-state index is 0.125. The van der Waals surface area contributed by atoms with E-state index >= 15 is 0 Å². The van der Waals surface area contributed by atoms with Gasteiger partial charge >= 0.3 is 0 Å². The zero-order valence-electron chi connectivity index (χ0n) is 15.7. The Balaban J connectivity index is 1.94. The highest BCUT2D eigenvalue weighted by Gasteiger charge is 2.21. The number of ketones is 1. The lowest BCUT2D eigenvalue weighted by Gasteiger charge is -2.10. The van der Waals surface area contributed by atoms with Crippen LogP contribution in [0, 0.1) is 20.8 Å². The molecule has 0 radical (unpaired) electrons. The predicted molar refractivity (Wildman–Crippen MR) is 105 cm³/mol. The van der Waals surface area contributed by atoms with Crippen LogP contribution in [0.3, 0.4) is 0 Å². The third-order valence-electron chi connectivity index (χ3n) is 4.85. The van der Waals surface area contributed by atoms with Crippen LogP contribution in [0.15, 0.2) is 48.7 Å². The maximum atomic E-state index is 13.0. The number of pyridine rings is 1. The van der Waals surface area contributed by atoms with E-state index in [2.05, 4.69) is 29.8 Å². The molecule has 0 spiro atoms. The number of rotatable bonds is 5. The van der Waals surface area contributed by atoms with Gasteiger partial charge in [-0.15, -0.1) is 0 Å². The van der Waals surface area contributed by atoms with Crippen molar-refractivity contribution in [2.24, 2.45) is 0 Å². The van der Waals surface area contributed by atoms with Gasteiger partial charge in [-0.25, -0.2) is 0 Å². The monoisotopic (exact) mass is 367 g/mol. The number of nitrogens with zero attached hydrogens (tertiary/aromatic N) is 2. The number of hydrogen-bond donors (Lipinski definition) is 0. The number of Topliss-reactive ketones (excluding diaryl/α,β-unsaturated/α-hetero) is 1. The molecule has 3 nitrogen and oxygen atoms in total. The summed E-state index contributed by atoms with van der Waals surface area (Å²) in [5, 5.41) is 0.704. The summed E-state index contributed by atoms with van der Waals surface area (Å²) >= 11 is 6.00. The third kappa shape index (κ3) is 3.58. The second-order valence-electron chi connectivity index (χ2n) is 6.68. The molecular formula is C22H24ClN2O+. The maximum absolute atomic E-state index is 13.0. The molecule has 0 aliphatic carbocycles. The molecule has 1 aromatic carbocycles. The zero-order chi connectivity index (χ0) is 18.8. The van der Waals surface area contributed by atoms with Crippen molar-refractivity contribution >= 4 is 17.4 Å². The van der Waals surface area contributed by atoms with Gasteiger partial charge in [0.1, 0.15) is 0 Å². The van der Waals surface area contributed by atoms with E-state index in [1.165, 1.54) is 5.56 Å². The Kier molecular flexibility index (Phi) is 5.28. The summed E-state index contributed by atoms with van der Waals surface area (Å²) in [6, 6.07) is 13.8. The van der Waals surface area contributed by atoms with Crippen LogP contribution in [0.4, 0.5) is 0 Å². The van der Waals surface area contributed by atoms with Crippen molar-refractivity contribution in [2.75, 3.05) is 0 Å². The van der Waals surface area contributed by atoms with Gasteiger partial charge in [0.15, 0.2) is 11.9 Å². The normalized spacial score (nSPS) is 11.0. The van der Waals surface area contributed by atoms with Crippen LogP contribution in [-0.2, 0) is 13.0 Å². The van der Waals surface area contributed by atoms with Gasteiger partial charge in [0.25, 0.3) is 0 Å². The average Bonchev–Trinajstić information content (AvgIpc) is 2.92. The van der Waals surface area contributed by atoms with Crippen molar-refractivity contribution in [1.82, 2.24) is 4.57 Å². The maximum Gasteiger partial charge on any atom is 0.229 e. The van der Waals surface area contributed by atoms with Crippen molar-refractivity contribution in [3.63, 3.8) is 0 Å². The number of carbonyl (C=O) groups excluding carboxylic acids is 1. The Morgan fingerprint density at radius 3 is 2.42 bits per heavy atom. The van der Waals surface area contributed by atoms with E-state index in [-0.39, 0.29) is 5.78 Å². The molecule has 0 amide bonds. The van der Waals surface area contributed by atoms with E-state index in [4.69, 9.17) is 11.6 Å². The molecule has 4 heteroatoms. The minimum absolute atomic E-state index is 0.125. The van der Waals surface area contributed by atoms with Crippen molar-refractivity contribution in [1.29, 1.82) is 0 Å². The van der Waals surface area contributed by atoms with Crippen LogP contribution in [0.5, 0.6) is 0 Å². The predicted octanol–water partition coefficient (Wildman–Crippen LogP) is 4.79. The highest BCUT2D eigenvalue weighted by atomic mass is 35.5. The second-order valence-corrected chi connectivity index (χ2v) is 7.12. The Labute approximate surface area is 159 Å². The summed E-state index contributed by atoms with van der Waals surface area (Å²) in [7, 11) is 0. The Morgan fingerprint density at radius 2 is 1.77 bits per heavy atom. The molecule has 0 N–H and O–H groups in total. The molecule has 3 rings (SSSR count). The van der Waals surface area contributed by atoms with E-state index in [0.717, 1.165) is 34.8 Å². The Bertz CT molecular complexity index is 955. The third-order valence-corrected chi connectivity index (χ3v) is 5.10. The molecule has 0 aliphatic heterocycles. The minimum Gasteiger partial charge on any atom is -0.318 e. The fourth-order valence-corrected chi connectivity index (χ4v) is 3.45. The number of hydrogen-bond acceptors (Lipinski definition) is 1. The number of aromatic nitrogens is 2. The standard InChI is InChI=1S/C22H24ClN2O/c1-5-18-7-6-15(2)24(13-18)14-22(26)21-12-16(3)25(17(21)4)20-10-8-19(23)9-11-20/h6-13H,5,14H2,1-4H3/q+1. The number of halogens is 1. The Hall–Kier alpha value is -2.39. The van der Waals surface area contributed by atoms with Gasteiger partial charge in [-0.05, 0) is 56.7 Å². The van der Waals surface area contributed by atoms with E-state index < -0.39 is 0 Å². The van der Waals surface area contributed by atoms with Crippen LogP contribution in [0.25, 0.3) is 5.69 Å². The smallest absolute Gasteiger partial charge is 0.229 e. The van der Waals surface area contributed by atoms with Gasteiger partial charge in [-0.3, -0.25) is 4.79 Å². The van der Waals surface area contributed by atoms with Gasteiger partial charge in [-0.1, -0.05) is 18.5 Å². The lowest BCUT2D eigenvalue weighted by Crippen LogP contribution is -2.41. The van der Waals surface area contributed by atoms with Gasteiger partial charge in [-0.2, -0.15) is 4.57 Å². The quantitative estimate of drug-likeness (QED) is 0.470. The van der Waals surface area contributed by atoms with E-state index in [1.54, 1.807) is 0 Å². The lowest BCUT2D eigenvalue weighted by molar-refractivity contribution is -0.689. The molecule has 134 valence electrons.